The van der Waals surface area contributed by atoms with Crippen molar-refractivity contribution in [1.29, 1.82) is 0 Å². The third-order valence-electron chi connectivity index (χ3n) is 5.15. The molecule has 3 rings (SSSR count). The van der Waals surface area contributed by atoms with Crippen molar-refractivity contribution in [3.63, 3.8) is 0 Å². The number of carbonyl (C=O) groups excluding carboxylic acids is 1. The first-order chi connectivity index (χ1) is 11.7. The van der Waals surface area contributed by atoms with E-state index in [4.69, 9.17) is 0 Å². The number of likely N-dealkylation sites (tertiary alicyclic amines) is 1. The molecule has 1 saturated heterocycles. The van der Waals surface area contributed by atoms with Gasteiger partial charge in [-0.2, -0.15) is 0 Å². The largest absolute Gasteiger partial charge is 0.342 e. The number of fused-ring (bicyclic) bond motifs is 1. The molecule has 128 valence electrons. The molecule has 1 aromatic carbocycles. The van der Waals surface area contributed by atoms with Gasteiger partial charge in [-0.25, -0.2) is 0 Å². The number of benzene rings is 1. The Morgan fingerprint density at radius 3 is 3.00 bits per heavy atom. The van der Waals surface area contributed by atoms with Crippen LogP contribution in [-0.4, -0.2) is 34.9 Å². The van der Waals surface area contributed by atoms with Crippen LogP contribution in [0.15, 0.2) is 36.5 Å². The molecule has 4 nitrogen and oxygen atoms in total. The van der Waals surface area contributed by atoms with Crippen molar-refractivity contribution in [3.8, 4) is 0 Å². The highest BCUT2D eigenvalue weighted by molar-refractivity contribution is 5.78. The molecule has 0 saturated carbocycles. The third-order valence-corrected chi connectivity index (χ3v) is 5.15. The van der Waals surface area contributed by atoms with Crippen molar-refractivity contribution in [3.05, 3.63) is 42.1 Å². The Morgan fingerprint density at radius 2 is 2.21 bits per heavy atom. The van der Waals surface area contributed by atoms with Crippen molar-refractivity contribution in [2.75, 3.05) is 13.1 Å². The van der Waals surface area contributed by atoms with Gasteiger partial charge in [0.05, 0.1) is 5.52 Å². The van der Waals surface area contributed by atoms with Gasteiger partial charge in [0.1, 0.15) is 0 Å². The Morgan fingerprint density at radius 1 is 1.33 bits per heavy atom. The van der Waals surface area contributed by atoms with Gasteiger partial charge in [0.2, 0.25) is 5.91 Å². The summed E-state index contributed by atoms with van der Waals surface area (Å²) in [6.45, 7) is 6.81. The first kappa shape index (κ1) is 16.9. The van der Waals surface area contributed by atoms with E-state index in [0.29, 0.717) is 18.4 Å². The zero-order valence-electron chi connectivity index (χ0n) is 14.7. The molecule has 0 radical (unpaired) electrons. The van der Waals surface area contributed by atoms with E-state index in [-0.39, 0.29) is 5.91 Å². The Bertz CT molecular complexity index is 700. The number of pyridine rings is 1. The van der Waals surface area contributed by atoms with Crippen molar-refractivity contribution in [2.24, 2.45) is 5.92 Å². The van der Waals surface area contributed by atoms with Crippen LogP contribution in [-0.2, 0) is 11.3 Å². The van der Waals surface area contributed by atoms with Crippen molar-refractivity contribution in [1.82, 2.24) is 15.2 Å². The van der Waals surface area contributed by atoms with Gasteiger partial charge in [-0.05, 0) is 36.1 Å². The molecule has 1 aromatic heterocycles. The Hall–Kier alpha value is -1.94. The molecule has 1 amide bonds. The van der Waals surface area contributed by atoms with Gasteiger partial charge in [0.15, 0.2) is 0 Å². The van der Waals surface area contributed by atoms with Crippen LogP contribution in [0.4, 0.5) is 0 Å². The maximum absolute atomic E-state index is 11.9. The summed E-state index contributed by atoms with van der Waals surface area (Å²) in [5, 5.41) is 4.91. The van der Waals surface area contributed by atoms with Gasteiger partial charge in [-0.1, -0.05) is 32.4 Å². The highest BCUT2D eigenvalue weighted by atomic mass is 16.2. The summed E-state index contributed by atoms with van der Waals surface area (Å²) < 4.78 is 0. The lowest BCUT2D eigenvalue weighted by Gasteiger charge is -2.38. The quantitative estimate of drug-likeness (QED) is 0.917. The molecule has 2 aromatic rings. The molecule has 0 unspecified atom stereocenters. The van der Waals surface area contributed by atoms with E-state index in [1.165, 1.54) is 10.9 Å². The fourth-order valence-electron chi connectivity index (χ4n) is 3.65. The molecular weight excluding hydrogens is 298 g/mol. The van der Waals surface area contributed by atoms with Crippen molar-refractivity contribution < 1.29 is 4.79 Å². The first-order valence-corrected chi connectivity index (χ1v) is 9.06. The fourth-order valence-corrected chi connectivity index (χ4v) is 3.65. The molecule has 0 spiro atoms. The lowest BCUT2D eigenvalue weighted by molar-refractivity contribution is -0.133. The normalized spacial score (nSPS) is 21.2. The molecule has 1 N–H and O–H groups in total. The number of carbonyl (C=O) groups is 1. The SMILES string of the molecule is CCC(=O)N1CC[C@H](NCc2ccc3ncccc3c2)[C@H](CC)C1. The van der Waals surface area contributed by atoms with E-state index in [2.05, 4.69) is 41.5 Å². The summed E-state index contributed by atoms with van der Waals surface area (Å²) in [7, 11) is 0. The second kappa shape index (κ2) is 7.75. The molecule has 1 fully saturated rings. The van der Waals surface area contributed by atoms with Crippen molar-refractivity contribution in [2.45, 2.75) is 45.7 Å². The summed E-state index contributed by atoms with van der Waals surface area (Å²) in [5.41, 5.74) is 2.33. The Balaban J connectivity index is 1.61. The maximum atomic E-state index is 11.9. The van der Waals surface area contributed by atoms with E-state index < -0.39 is 0 Å². The van der Waals surface area contributed by atoms with Gasteiger partial charge in [0.25, 0.3) is 0 Å². The zero-order valence-corrected chi connectivity index (χ0v) is 14.7. The molecule has 1 aliphatic rings. The van der Waals surface area contributed by atoms with Crippen LogP contribution in [0.2, 0.25) is 0 Å². The predicted octanol–water partition coefficient (Wildman–Crippen LogP) is 3.36. The lowest BCUT2D eigenvalue weighted by atomic mass is 9.89. The van der Waals surface area contributed by atoms with E-state index in [0.717, 1.165) is 38.0 Å². The third kappa shape index (κ3) is 3.75. The number of hydrogen-bond acceptors (Lipinski definition) is 3. The highest BCUT2D eigenvalue weighted by Gasteiger charge is 2.29. The molecule has 0 aliphatic carbocycles. The fraction of sp³-hybridized carbons (Fsp3) is 0.500. The lowest BCUT2D eigenvalue weighted by Crippen LogP contribution is -2.50. The topological polar surface area (TPSA) is 45.2 Å². The average Bonchev–Trinajstić information content (AvgIpc) is 2.65. The smallest absolute Gasteiger partial charge is 0.222 e. The second-order valence-electron chi connectivity index (χ2n) is 6.67. The molecule has 2 atom stereocenters. The summed E-state index contributed by atoms with van der Waals surface area (Å²) in [5.74, 6) is 0.824. The first-order valence-electron chi connectivity index (χ1n) is 9.06. The number of nitrogens with zero attached hydrogens (tertiary/aromatic N) is 2. The van der Waals surface area contributed by atoms with Crippen LogP contribution in [0.1, 0.15) is 38.7 Å². The van der Waals surface area contributed by atoms with E-state index in [9.17, 15) is 4.79 Å². The summed E-state index contributed by atoms with van der Waals surface area (Å²) in [6.07, 6.45) is 4.59. The van der Waals surface area contributed by atoms with Gasteiger partial charge in [-0.3, -0.25) is 9.78 Å². The summed E-state index contributed by atoms with van der Waals surface area (Å²) >= 11 is 0. The Labute approximate surface area is 144 Å². The van der Waals surface area contributed by atoms with Crippen LogP contribution in [0.3, 0.4) is 0 Å². The van der Waals surface area contributed by atoms with Gasteiger partial charge in [0, 0.05) is 43.7 Å². The minimum atomic E-state index is 0.286. The van der Waals surface area contributed by atoms with Crippen LogP contribution >= 0.6 is 0 Å². The maximum Gasteiger partial charge on any atom is 0.222 e. The highest BCUT2D eigenvalue weighted by Crippen LogP contribution is 2.22. The standard InChI is InChI=1S/C20H27N3O/c1-3-16-14-23(20(24)4-2)11-9-19(16)22-13-15-7-8-18-17(12-15)6-5-10-21-18/h5-8,10,12,16,19,22H,3-4,9,11,13-14H2,1-2H3/t16-,19+/m1/s1. The van der Waals surface area contributed by atoms with E-state index in [1.807, 2.05) is 24.1 Å². The number of amides is 1. The number of aromatic nitrogens is 1. The minimum absolute atomic E-state index is 0.286. The predicted molar refractivity (Wildman–Crippen MR) is 97.6 cm³/mol. The van der Waals surface area contributed by atoms with Crippen LogP contribution in [0.5, 0.6) is 0 Å². The van der Waals surface area contributed by atoms with Crippen molar-refractivity contribution >= 4 is 16.8 Å². The monoisotopic (exact) mass is 325 g/mol. The van der Waals surface area contributed by atoms with Crippen LogP contribution in [0.25, 0.3) is 10.9 Å². The van der Waals surface area contributed by atoms with E-state index >= 15 is 0 Å². The molecule has 2 heterocycles. The van der Waals surface area contributed by atoms with Gasteiger partial charge >= 0.3 is 0 Å². The minimum Gasteiger partial charge on any atom is -0.342 e. The second-order valence-corrected chi connectivity index (χ2v) is 6.67. The number of piperidine rings is 1. The molecular formula is C20H27N3O. The zero-order chi connectivity index (χ0) is 16.9. The summed E-state index contributed by atoms with van der Waals surface area (Å²) in [4.78, 5) is 18.3. The van der Waals surface area contributed by atoms with Gasteiger partial charge in [-0.15, -0.1) is 0 Å². The Kier molecular flexibility index (Phi) is 5.46. The average molecular weight is 325 g/mol. The molecule has 1 aliphatic heterocycles. The molecule has 24 heavy (non-hydrogen) atoms. The number of rotatable bonds is 5. The van der Waals surface area contributed by atoms with Crippen LogP contribution < -0.4 is 5.32 Å². The van der Waals surface area contributed by atoms with E-state index in [1.54, 1.807) is 0 Å². The van der Waals surface area contributed by atoms with Crippen LogP contribution in [0, 0.1) is 5.92 Å². The summed E-state index contributed by atoms with van der Waals surface area (Å²) in [6, 6.07) is 11.0. The van der Waals surface area contributed by atoms with Gasteiger partial charge < -0.3 is 10.2 Å². The number of nitrogens with one attached hydrogen (secondary N) is 1. The number of hydrogen-bond donors (Lipinski definition) is 1. The molecule has 0 bridgehead atoms. The molecule has 4 heteroatoms.